The molecular weight excluding hydrogens is 735 g/mol. The summed E-state index contributed by atoms with van der Waals surface area (Å²) in [6.07, 6.45) is 41.7. The van der Waals surface area contributed by atoms with E-state index in [1.165, 1.54) is 19.3 Å². The van der Waals surface area contributed by atoms with Crippen molar-refractivity contribution < 1.29 is 52.9 Å². The quantitative estimate of drug-likeness (QED) is 0.0155. The normalized spacial score (nSPS) is 15.3. The van der Waals surface area contributed by atoms with Crippen LogP contribution >= 0.6 is 7.82 Å². The van der Waals surface area contributed by atoms with Crippen molar-refractivity contribution in [1.82, 2.24) is 0 Å². The van der Waals surface area contributed by atoms with E-state index in [-0.39, 0.29) is 19.4 Å². The van der Waals surface area contributed by atoms with Crippen molar-refractivity contribution in [3.05, 3.63) is 85.1 Å². The summed E-state index contributed by atoms with van der Waals surface area (Å²) in [5.41, 5.74) is 0. The minimum Gasteiger partial charge on any atom is -0.462 e. The van der Waals surface area contributed by atoms with Crippen molar-refractivity contribution in [2.24, 2.45) is 0 Å². The van der Waals surface area contributed by atoms with Crippen LogP contribution in [-0.4, -0.2) is 76.9 Å². The molecule has 0 amide bonds. The Morgan fingerprint density at radius 2 is 1.12 bits per heavy atom. The van der Waals surface area contributed by atoms with Crippen LogP contribution in [0.3, 0.4) is 0 Å². The molecule has 0 saturated carbocycles. The van der Waals surface area contributed by atoms with E-state index < -0.39 is 57.9 Å². The van der Waals surface area contributed by atoms with Gasteiger partial charge in [0.05, 0.1) is 25.9 Å². The van der Waals surface area contributed by atoms with E-state index in [2.05, 4.69) is 60.9 Å². The first kappa shape index (κ1) is 53.1. The Kier molecular flexibility index (Phi) is 36.9. The predicted octanol–water partition coefficient (Wildman–Crippen LogP) is 9.63. The van der Waals surface area contributed by atoms with Gasteiger partial charge in [0.25, 0.3) is 0 Å². The summed E-state index contributed by atoms with van der Waals surface area (Å²) >= 11 is 0. The van der Waals surface area contributed by atoms with E-state index in [1.807, 2.05) is 42.5 Å². The number of phosphoric ester groups is 1. The third-order valence-electron chi connectivity index (χ3n) is 8.13. The number of esters is 2. The molecule has 0 spiro atoms. The van der Waals surface area contributed by atoms with Crippen molar-refractivity contribution in [3.8, 4) is 0 Å². The van der Waals surface area contributed by atoms with Crippen LogP contribution in [0.5, 0.6) is 0 Å². The Labute approximate surface area is 337 Å². The molecule has 0 aliphatic carbocycles. The molecule has 1 unspecified atom stereocenters. The zero-order valence-corrected chi connectivity index (χ0v) is 35.1. The second-order valence-corrected chi connectivity index (χ2v) is 15.0. The van der Waals surface area contributed by atoms with Gasteiger partial charge in [-0.2, -0.15) is 0 Å². The maximum Gasteiger partial charge on any atom is 0.472 e. The average Bonchev–Trinajstić information content (AvgIpc) is 3.18. The van der Waals surface area contributed by atoms with Crippen molar-refractivity contribution in [3.63, 3.8) is 0 Å². The number of carbonyl (C=O) groups excluding carboxylic acids is 2. The first-order valence-electron chi connectivity index (χ1n) is 20.7. The van der Waals surface area contributed by atoms with Crippen molar-refractivity contribution in [1.29, 1.82) is 0 Å². The molecule has 0 aromatic heterocycles. The van der Waals surface area contributed by atoms with E-state index in [9.17, 15) is 29.3 Å². The largest absolute Gasteiger partial charge is 0.472 e. The number of aliphatic hydroxyl groups excluding tert-OH is 3. The lowest BCUT2D eigenvalue weighted by Crippen LogP contribution is -2.29. The second kappa shape index (κ2) is 39.0. The lowest BCUT2D eigenvalue weighted by molar-refractivity contribution is -0.161. The van der Waals surface area contributed by atoms with E-state index in [1.54, 1.807) is 0 Å². The minimum atomic E-state index is -4.66. The van der Waals surface area contributed by atoms with E-state index in [0.717, 1.165) is 70.6 Å². The SMILES string of the molecule is CCCCC/C=C\C/C=C\C/C=C\CCCCC(=O)OC[C@H](COP(=O)(O)OC[C@@H](O)CO)OC(=O)CCC/C=C\C/C=C\C/C=C\C=C\[C@@H](O)CCCCC. The molecule has 4 N–H and O–H groups in total. The fourth-order valence-corrected chi connectivity index (χ4v) is 5.65. The van der Waals surface area contributed by atoms with Gasteiger partial charge in [0, 0.05) is 12.8 Å². The number of rotatable bonds is 37. The van der Waals surface area contributed by atoms with E-state index in [0.29, 0.717) is 19.3 Å². The standard InChI is InChI=1S/C44H73O11P/c1-3-5-7-8-9-10-11-12-13-14-17-20-23-26-30-34-43(48)52-38-42(39-54-56(50,51)53-37-41(47)36-45)55-44(49)35-31-27-24-21-18-15-16-19-22-25-29-33-40(46)32-28-6-4-2/h9-10,12-13,15-17,20-22,24-25,29,33,40-42,45-47H,3-8,11,14,18-19,23,26-28,30-32,34-39H2,1-2H3,(H,50,51)/b10-9-,13-12-,16-15-,20-17-,24-21-,25-22-,33-29+/t40-,41-,42+/m0/s1. The highest BCUT2D eigenvalue weighted by atomic mass is 31.2. The van der Waals surface area contributed by atoms with Gasteiger partial charge in [0.2, 0.25) is 0 Å². The van der Waals surface area contributed by atoms with Gasteiger partial charge in [-0.1, -0.05) is 131 Å². The van der Waals surface area contributed by atoms with Gasteiger partial charge in [-0.15, -0.1) is 0 Å². The summed E-state index contributed by atoms with van der Waals surface area (Å²) in [4.78, 5) is 34.9. The second-order valence-electron chi connectivity index (χ2n) is 13.5. The number of hydrogen-bond donors (Lipinski definition) is 4. The fourth-order valence-electron chi connectivity index (χ4n) is 4.87. The number of hydrogen-bond acceptors (Lipinski definition) is 10. The molecule has 0 radical (unpaired) electrons. The van der Waals surface area contributed by atoms with Gasteiger partial charge in [-0.25, -0.2) is 4.57 Å². The highest BCUT2D eigenvalue weighted by molar-refractivity contribution is 7.47. The Balaban J connectivity index is 4.56. The number of carbonyl (C=O) groups is 2. The number of ether oxygens (including phenoxy) is 2. The number of aliphatic hydroxyl groups is 3. The molecule has 11 nitrogen and oxygen atoms in total. The summed E-state index contributed by atoms with van der Waals surface area (Å²) in [6, 6.07) is 0. The van der Waals surface area contributed by atoms with Crippen LogP contribution in [0, 0.1) is 0 Å². The highest BCUT2D eigenvalue weighted by Gasteiger charge is 2.27. The molecule has 4 atom stereocenters. The Hall–Kier alpha value is -2.89. The van der Waals surface area contributed by atoms with Crippen LogP contribution in [0.15, 0.2) is 85.1 Å². The third-order valence-corrected chi connectivity index (χ3v) is 9.08. The highest BCUT2D eigenvalue weighted by Crippen LogP contribution is 2.43. The molecule has 0 saturated heterocycles. The first-order chi connectivity index (χ1) is 27.1. The molecular formula is C44H73O11P. The predicted molar refractivity (Wildman–Crippen MR) is 225 cm³/mol. The fraction of sp³-hybridized carbons (Fsp3) is 0.636. The molecule has 12 heteroatoms. The van der Waals surface area contributed by atoms with Gasteiger partial charge in [0.15, 0.2) is 6.10 Å². The van der Waals surface area contributed by atoms with Gasteiger partial charge in [0.1, 0.15) is 12.7 Å². The maximum atomic E-state index is 12.6. The first-order valence-corrected chi connectivity index (χ1v) is 22.1. The molecule has 0 aliphatic heterocycles. The number of unbranched alkanes of at least 4 members (excludes halogenated alkanes) is 8. The molecule has 0 aromatic carbocycles. The Morgan fingerprint density at radius 3 is 1.73 bits per heavy atom. The molecule has 0 heterocycles. The lowest BCUT2D eigenvalue weighted by atomic mass is 10.1. The van der Waals surface area contributed by atoms with Gasteiger partial charge < -0.3 is 29.7 Å². The van der Waals surface area contributed by atoms with Gasteiger partial charge in [-0.3, -0.25) is 18.6 Å². The summed E-state index contributed by atoms with van der Waals surface area (Å²) < 4.78 is 32.5. The van der Waals surface area contributed by atoms with Crippen LogP contribution < -0.4 is 0 Å². The topological polar surface area (TPSA) is 169 Å². The van der Waals surface area contributed by atoms with Crippen LogP contribution in [0.2, 0.25) is 0 Å². The molecule has 56 heavy (non-hydrogen) atoms. The molecule has 0 aromatic rings. The van der Waals surface area contributed by atoms with Gasteiger partial charge >= 0.3 is 19.8 Å². The van der Waals surface area contributed by atoms with E-state index >= 15 is 0 Å². The number of phosphoric acid groups is 1. The van der Waals surface area contributed by atoms with Crippen LogP contribution in [-0.2, 0) is 32.7 Å². The number of allylic oxidation sites excluding steroid dienone is 13. The molecule has 0 fully saturated rings. The average molecular weight is 809 g/mol. The zero-order chi connectivity index (χ0) is 41.4. The molecule has 320 valence electrons. The molecule has 0 rings (SSSR count). The van der Waals surface area contributed by atoms with E-state index in [4.69, 9.17) is 19.1 Å². The van der Waals surface area contributed by atoms with Crippen molar-refractivity contribution >= 4 is 19.8 Å². The smallest absolute Gasteiger partial charge is 0.462 e. The van der Waals surface area contributed by atoms with Gasteiger partial charge in [-0.05, 0) is 77.0 Å². The molecule has 0 aliphatic rings. The van der Waals surface area contributed by atoms with Crippen LogP contribution in [0.1, 0.15) is 136 Å². The zero-order valence-electron chi connectivity index (χ0n) is 34.2. The van der Waals surface area contributed by atoms with Crippen molar-refractivity contribution in [2.45, 2.75) is 154 Å². The third kappa shape index (κ3) is 38.0. The summed E-state index contributed by atoms with van der Waals surface area (Å²) in [5.74, 6) is -1.07. The Morgan fingerprint density at radius 1 is 0.607 bits per heavy atom. The van der Waals surface area contributed by atoms with Crippen LogP contribution in [0.25, 0.3) is 0 Å². The lowest BCUT2D eigenvalue weighted by Gasteiger charge is -2.20. The van der Waals surface area contributed by atoms with Crippen LogP contribution in [0.4, 0.5) is 0 Å². The van der Waals surface area contributed by atoms with Crippen molar-refractivity contribution in [2.75, 3.05) is 26.4 Å². The minimum absolute atomic E-state index is 0.0751. The molecule has 0 bridgehead atoms. The Bertz CT molecular complexity index is 1220. The maximum absolute atomic E-state index is 12.6. The summed E-state index contributed by atoms with van der Waals surface area (Å²) in [5, 5.41) is 28.2. The summed E-state index contributed by atoms with van der Waals surface area (Å²) in [6.45, 7) is 2.07. The summed E-state index contributed by atoms with van der Waals surface area (Å²) in [7, 11) is -4.66. The monoisotopic (exact) mass is 808 g/mol.